The molecule has 0 saturated heterocycles. The number of hydrogen-bond acceptors (Lipinski definition) is 6. The summed E-state index contributed by atoms with van der Waals surface area (Å²) < 4.78 is 6.03. The minimum absolute atomic E-state index is 0.0708. The fraction of sp³-hybridized carbons (Fsp3) is 0.375. The number of amides is 2. The molecule has 0 unspecified atom stereocenters. The molecule has 1 N–H and O–H groups in total. The molecule has 0 spiro atoms. The van der Waals surface area contributed by atoms with Crippen molar-refractivity contribution in [3.05, 3.63) is 29.3 Å². The van der Waals surface area contributed by atoms with Crippen molar-refractivity contribution in [2.75, 3.05) is 27.2 Å². The van der Waals surface area contributed by atoms with Gasteiger partial charge < -0.3 is 15.0 Å². The zero-order valence-corrected chi connectivity index (χ0v) is 14.4. The van der Waals surface area contributed by atoms with E-state index in [-0.39, 0.29) is 25.5 Å². The predicted molar refractivity (Wildman–Crippen MR) is 90.6 cm³/mol. The Balaban J connectivity index is 1.75. The molecule has 0 saturated carbocycles. The Hall–Kier alpha value is -2.48. The molecule has 8 heteroatoms. The maximum Gasteiger partial charge on any atom is 0.306 e. The highest BCUT2D eigenvalue weighted by atomic mass is 32.1. The molecular formula is C16H19N3O4S. The number of carbonyl (C=O) groups is 3. The third kappa shape index (κ3) is 5.02. The number of aryl methyl sites for hydroxylation is 1. The SMILES string of the molecule is CNC(=O)CN(C)C(=O)COC(=O)CCc1nc2ccccc2s1. The number of nitrogens with zero attached hydrogens (tertiary/aromatic N) is 2. The maximum atomic E-state index is 11.7. The molecule has 0 fully saturated rings. The molecule has 2 aromatic rings. The van der Waals surface area contributed by atoms with E-state index in [0.717, 1.165) is 15.2 Å². The number of aromatic nitrogens is 1. The number of para-hydroxylation sites is 1. The van der Waals surface area contributed by atoms with Gasteiger partial charge in [0.2, 0.25) is 5.91 Å². The molecule has 0 aliphatic rings. The van der Waals surface area contributed by atoms with Crippen LogP contribution in [0.25, 0.3) is 10.2 Å². The number of nitrogens with one attached hydrogen (secondary N) is 1. The third-order valence-electron chi connectivity index (χ3n) is 3.32. The van der Waals surface area contributed by atoms with Gasteiger partial charge in [0.05, 0.1) is 28.2 Å². The van der Waals surface area contributed by atoms with Crippen LogP contribution in [-0.4, -0.2) is 54.9 Å². The van der Waals surface area contributed by atoms with Gasteiger partial charge in [-0.3, -0.25) is 14.4 Å². The summed E-state index contributed by atoms with van der Waals surface area (Å²) in [6.45, 7) is -0.440. The lowest BCUT2D eigenvalue weighted by atomic mass is 10.3. The molecule has 7 nitrogen and oxygen atoms in total. The number of esters is 1. The monoisotopic (exact) mass is 349 g/mol. The van der Waals surface area contributed by atoms with Gasteiger partial charge in [-0.05, 0) is 12.1 Å². The summed E-state index contributed by atoms with van der Waals surface area (Å²) in [5.41, 5.74) is 0.914. The van der Waals surface area contributed by atoms with Crippen molar-refractivity contribution in [3.8, 4) is 0 Å². The van der Waals surface area contributed by atoms with Crippen molar-refractivity contribution in [3.63, 3.8) is 0 Å². The highest BCUT2D eigenvalue weighted by Gasteiger charge is 2.15. The topological polar surface area (TPSA) is 88.6 Å². The van der Waals surface area contributed by atoms with E-state index < -0.39 is 11.9 Å². The van der Waals surface area contributed by atoms with Gasteiger partial charge in [-0.25, -0.2) is 4.98 Å². The molecule has 128 valence electrons. The first-order valence-electron chi connectivity index (χ1n) is 7.44. The van der Waals surface area contributed by atoms with E-state index in [1.54, 1.807) is 0 Å². The number of fused-ring (bicyclic) bond motifs is 1. The van der Waals surface area contributed by atoms with Crippen LogP contribution in [0, 0.1) is 0 Å². The van der Waals surface area contributed by atoms with Crippen LogP contribution in [0.4, 0.5) is 0 Å². The Morgan fingerprint density at radius 3 is 2.75 bits per heavy atom. The Morgan fingerprint density at radius 2 is 2.04 bits per heavy atom. The van der Waals surface area contributed by atoms with Gasteiger partial charge in [0.15, 0.2) is 6.61 Å². The second kappa shape index (κ2) is 8.39. The standard InChI is InChI=1S/C16H19N3O4S/c1-17-13(20)9-19(2)15(21)10-23-16(22)8-7-14-18-11-5-3-4-6-12(11)24-14/h3-6H,7-10H2,1-2H3,(H,17,20). The largest absolute Gasteiger partial charge is 0.456 e. The fourth-order valence-electron chi connectivity index (χ4n) is 1.94. The van der Waals surface area contributed by atoms with Crippen molar-refractivity contribution in [2.45, 2.75) is 12.8 Å². The van der Waals surface area contributed by atoms with Gasteiger partial charge in [-0.15, -0.1) is 11.3 Å². The van der Waals surface area contributed by atoms with Gasteiger partial charge in [-0.1, -0.05) is 12.1 Å². The van der Waals surface area contributed by atoms with E-state index in [0.29, 0.717) is 6.42 Å². The number of rotatable bonds is 7. The highest BCUT2D eigenvalue weighted by Crippen LogP contribution is 2.22. The van der Waals surface area contributed by atoms with Crippen molar-refractivity contribution < 1.29 is 19.1 Å². The molecule has 1 aromatic carbocycles. The lowest BCUT2D eigenvalue weighted by molar-refractivity contribution is -0.151. The average Bonchev–Trinajstić information content (AvgIpc) is 3.00. The van der Waals surface area contributed by atoms with Crippen LogP contribution < -0.4 is 5.32 Å². The first-order valence-corrected chi connectivity index (χ1v) is 8.26. The number of carbonyl (C=O) groups excluding carboxylic acids is 3. The summed E-state index contributed by atoms with van der Waals surface area (Å²) in [7, 11) is 2.97. The van der Waals surface area contributed by atoms with Gasteiger partial charge in [-0.2, -0.15) is 0 Å². The first-order chi connectivity index (χ1) is 11.5. The van der Waals surface area contributed by atoms with Crippen LogP contribution in [0.1, 0.15) is 11.4 Å². The minimum Gasteiger partial charge on any atom is -0.456 e. The van der Waals surface area contributed by atoms with E-state index in [1.165, 1.54) is 30.3 Å². The van der Waals surface area contributed by atoms with Crippen LogP contribution in [0.3, 0.4) is 0 Å². The van der Waals surface area contributed by atoms with Crippen molar-refractivity contribution in [1.82, 2.24) is 15.2 Å². The zero-order chi connectivity index (χ0) is 17.5. The molecule has 0 aliphatic carbocycles. The average molecular weight is 349 g/mol. The Morgan fingerprint density at radius 1 is 1.29 bits per heavy atom. The molecule has 1 heterocycles. The summed E-state index contributed by atoms with van der Waals surface area (Å²) in [6, 6.07) is 7.77. The molecule has 0 aliphatic heterocycles. The van der Waals surface area contributed by atoms with Crippen LogP contribution in [0.2, 0.25) is 0 Å². The Bertz CT molecular complexity index is 711. The molecule has 0 bridgehead atoms. The van der Waals surface area contributed by atoms with Crippen LogP contribution >= 0.6 is 11.3 Å². The Labute approximate surface area is 143 Å². The van der Waals surface area contributed by atoms with Gasteiger partial charge in [0.25, 0.3) is 5.91 Å². The van der Waals surface area contributed by atoms with Gasteiger partial charge >= 0.3 is 5.97 Å². The normalized spacial score (nSPS) is 10.4. The van der Waals surface area contributed by atoms with Crippen molar-refractivity contribution in [2.24, 2.45) is 0 Å². The maximum absolute atomic E-state index is 11.7. The van der Waals surface area contributed by atoms with E-state index >= 15 is 0 Å². The van der Waals surface area contributed by atoms with E-state index in [4.69, 9.17) is 4.74 Å². The van der Waals surface area contributed by atoms with E-state index in [1.807, 2.05) is 24.3 Å². The van der Waals surface area contributed by atoms with E-state index in [2.05, 4.69) is 10.3 Å². The summed E-state index contributed by atoms with van der Waals surface area (Å²) in [6.07, 6.45) is 0.632. The van der Waals surface area contributed by atoms with Gasteiger partial charge in [0.1, 0.15) is 0 Å². The van der Waals surface area contributed by atoms with Crippen LogP contribution in [0.5, 0.6) is 0 Å². The summed E-state index contributed by atoms with van der Waals surface area (Å²) >= 11 is 1.54. The number of hydrogen-bond donors (Lipinski definition) is 1. The second-order valence-corrected chi connectivity index (χ2v) is 6.27. The van der Waals surface area contributed by atoms with E-state index in [9.17, 15) is 14.4 Å². The lowest BCUT2D eigenvalue weighted by Gasteiger charge is -2.15. The number of thiazole rings is 1. The zero-order valence-electron chi connectivity index (χ0n) is 13.6. The summed E-state index contributed by atoms with van der Waals surface area (Å²) in [5.74, 6) is -1.17. The van der Waals surface area contributed by atoms with Gasteiger partial charge in [0, 0.05) is 20.5 Å². The molecule has 2 amide bonds. The number of benzene rings is 1. The number of ether oxygens (including phenoxy) is 1. The molecule has 2 rings (SSSR count). The molecule has 24 heavy (non-hydrogen) atoms. The van der Waals surface area contributed by atoms with Crippen molar-refractivity contribution >= 4 is 39.3 Å². The van der Waals surface area contributed by atoms with Crippen LogP contribution in [0.15, 0.2) is 24.3 Å². The number of likely N-dealkylation sites (N-methyl/N-ethyl adjacent to an activating group) is 2. The lowest BCUT2D eigenvalue weighted by Crippen LogP contribution is -2.39. The molecule has 0 atom stereocenters. The molecule has 1 aromatic heterocycles. The summed E-state index contributed by atoms with van der Waals surface area (Å²) in [5, 5.41) is 3.28. The van der Waals surface area contributed by atoms with Crippen molar-refractivity contribution in [1.29, 1.82) is 0 Å². The fourth-order valence-corrected chi connectivity index (χ4v) is 2.91. The summed E-state index contributed by atoms with van der Waals surface area (Å²) in [4.78, 5) is 40.3. The van der Waals surface area contributed by atoms with Crippen LogP contribution in [-0.2, 0) is 25.5 Å². The Kier molecular flexibility index (Phi) is 6.25. The smallest absolute Gasteiger partial charge is 0.306 e. The third-order valence-corrected chi connectivity index (χ3v) is 4.42. The highest BCUT2D eigenvalue weighted by molar-refractivity contribution is 7.18. The second-order valence-electron chi connectivity index (χ2n) is 5.16. The first kappa shape index (κ1) is 17.9. The predicted octanol–water partition coefficient (Wildman–Crippen LogP) is 0.977. The molecule has 0 radical (unpaired) electrons. The quantitative estimate of drug-likeness (QED) is 0.753. The molecular weight excluding hydrogens is 330 g/mol. The minimum atomic E-state index is -0.462.